The molecule has 0 aliphatic carbocycles. The van der Waals surface area contributed by atoms with Crippen LogP contribution in [0.2, 0.25) is 0 Å². The number of H-pyrrole nitrogens is 1. The molecule has 0 saturated heterocycles. The number of ether oxygens (including phenoxy) is 2. The number of aromatic nitrogens is 1. The van der Waals surface area contributed by atoms with Crippen LogP contribution in [0, 0.1) is 0 Å². The van der Waals surface area contributed by atoms with E-state index in [1.54, 1.807) is 24.4 Å². The lowest BCUT2D eigenvalue weighted by Crippen LogP contribution is -1.93. The maximum absolute atomic E-state index is 13.6. The first-order valence-electron chi connectivity index (χ1n) is 6.76. The highest BCUT2D eigenvalue weighted by atomic mass is 19.3. The van der Waals surface area contributed by atoms with E-state index in [0.29, 0.717) is 22.6 Å². The average Bonchev–Trinajstić information content (AvgIpc) is 3.14. The van der Waals surface area contributed by atoms with Gasteiger partial charge in [0.1, 0.15) is 0 Å². The molecule has 1 N–H and O–H groups in total. The molecule has 5 heteroatoms. The van der Waals surface area contributed by atoms with E-state index in [1.165, 1.54) is 0 Å². The Morgan fingerprint density at radius 3 is 2.68 bits per heavy atom. The lowest BCUT2D eigenvalue weighted by Gasteiger charge is -2.07. The van der Waals surface area contributed by atoms with E-state index >= 15 is 0 Å². The highest BCUT2D eigenvalue weighted by Gasteiger charge is 2.20. The summed E-state index contributed by atoms with van der Waals surface area (Å²) < 4.78 is 37.7. The fourth-order valence-corrected chi connectivity index (χ4v) is 2.70. The van der Waals surface area contributed by atoms with Gasteiger partial charge in [0.15, 0.2) is 11.5 Å². The van der Waals surface area contributed by atoms with Crippen LogP contribution in [0.3, 0.4) is 0 Å². The van der Waals surface area contributed by atoms with Gasteiger partial charge in [-0.25, -0.2) is 0 Å². The van der Waals surface area contributed by atoms with Crippen LogP contribution in [0.5, 0.6) is 11.5 Å². The fraction of sp³-hybridized carbons (Fsp3) is 0.0588. The zero-order valence-electron chi connectivity index (χ0n) is 11.4. The number of fused-ring (bicyclic) bond motifs is 2. The molecule has 4 rings (SSSR count). The number of para-hydroxylation sites is 1. The van der Waals surface area contributed by atoms with Gasteiger partial charge in [-0.15, -0.1) is 0 Å². The molecule has 0 atom stereocenters. The summed E-state index contributed by atoms with van der Waals surface area (Å²) in [7, 11) is 0. The molecule has 3 aromatic rings. The average molecular weight is 299 g/mol. The van der Waals surface area contributed by atoms with Gasteiger partial charge in [0.05, 0.1) is 5.57 Å². The summed E-state index contributed by atoms with van der Waals surface area (Å²) in [5.41, 5.74) is 1.58. The molecular formula is C17H11F2NO2. The third kappa shape index (κ3) is 1.94. The van der Waals surface area contributed by atoms with Gasteiger partial charge in [-0.1, -0.05) is 24.3 Å². The quantitative estimate of drug-likeness (QED) is 0.753. The van der Waals surface area contributed by atoms with Crippen LogP contribution in [0.4, 0.5) is 8.78 Å². The van der Waals surface area contributed by atoms with Gasteiger partial charge in [-0.3, -0.25) is 0 Å². The number of hydrogen-bond donors (Lipinski definition) is 1. The van der Waals surface area contributed by atoms with Gasteiger partial charge < -0.3 is 14.5 Å². The van der Waals surface area contributed by atoms with Crippen molar-refractivity contribution in [2.24, 2.45) is 0 Å². The van der Waals surface area contributed by atoms with Gasteiger partial charge in [-0.05, 0) is 23.8 Å². The largest absolute Gasteiger partial charge is 0.454 e. The van der Waals surface area contributed by atoms with E-state index in [4.69, 9.17) is 9.47 Å². The molecule has 0 spiro atoms. The molecule has 1 aliphatic heterocycles. The van der Waals surface area contributed by atoms with Crippen molar-refractivity contribution in [1.29, 1.82) is 0 Å². The maximum atomic E-state index is 13.6. The van der Waals surface area contributed by atoms with E-state index in [2.05, 4.69) is 4.98 Å². The summed E-state index contributed by atoms with van der Waals surface area (Å²) in [4.78, 5) is 3.02. The maximum Gasteiger partial charge on any atom is 0.278 e. The van der Waals surface area contributed by atoms with Crippen molar-refractivity contribution in [2.75, 3.05) is 6.79 Å². The molecule has 0 unspecified atom stereocenters. The van der Waals surface area contributed by atoms with Crippen LogP contribution < -0.4 is 9.47 Å². The van der Waals surface area contributed by atoms with Crippen molar-refractivity contribution in [3.8, 4) is 11.5 Å². The Balaban J connectivity index is 1.91. The van der Waals surface area contributed by atoms with Crippen molar-refractivity contribution >= 4 is 16.5 Å². The highest BCUT2D eigenvalue weighted by molar-refractivity contribution is 5.97. The van der Waals surface area contributed by atoms with E-state index in [-0.39, 0.29) is 12.4 Å². The Hall–Kier alpha value is -2.82. The summed E-state index contributed by atoms with van der Waals surface area (Å²) in [6.45, 7) is 0.114. The normalized spacial score (nSPS) is 12.6. The highest BCUT2D eigenvalue weighted by Crippen LogP contribution is 2.39. The topological polar surface area (TPSA) is 34.2 Å². The molecule has 3 nitrogen and oxygen atoms in total. The van der Waals surface area contributed by atoms with Gasteiger partial charge in [0.2, 0.25) is 6.79 Å². The second kappa shape index (κ2) is 4.87. The van der Waals surface area contributed by atoms with Crippen LogP contribution in [0.1, 0.15) is 11.1 Å². The summed E-state index contributed by atoms with van der Waals surface area (Å²) >= 11 is 0. The molecule has 0 bridgehead atoms. The number of hydrogen-bond acceptors (Lipinski definition) is 2. The number of halogens is 2. The second-order valence-corrected chi connectivity index (χ2v) is 4.95. The fourth-order valence-electron chi connectivity index (χ4n) is 2.70. The second-order valence-electron chi connectivity index (χ2n) is 4.95. The predicted octanol–water partition coefficient (Wildman–Crippen LogP) is 4.55. The minimum Gasteiger partial charge on any atom is -0.454 e. The third-order valence-electron chi connectivity index (χ3n) is 3.71. The van der Waals surface area contributed by atoms with Gasteiger partial charge >= 0.3 is 0 Å². The first-order valence-corrected chi connectivity index (χ1v) is 6.76. The van der Waals surface area contributed by atoms with E-state index < -0.39 is 6.08 Å². The van der Waals surface area contributed by atoms with E-state index in [0.717, 1.165) is 10.9 Å². The van der Waals surface area contributed by atoms with E-state index in [1.807, 2.05) is 24.3 Å². The molecule has 2 aromatic carbocycles. The van der Waals surface area contributed by atoms with Crippen LogP contribution in [-0.2, 0) is 0 Å². The third-order valence-corrected chi connectivity index (χ3v) is 3.71. The summed E-state index contributed by atoms with van der Waals surface area (Å²) in [5.74, 6) is 1.05. The molecule has 0 saturated carbocycles. The SMILES string of the molecule is FC(F)=C(c1ccc2c(c1)OCO2)c1c[nH]c2ccccc12. The van der Waals surface area contributed by atoms with Crippen molar-refractivity contribution in [2.45, 2.75) is 0 Å². The molecular weight excluding hydrogens is 288 g/mol. The number of rotatable bonds is 2. The summed E-state index contributed by atoms with van der Waals surface area (Å²) in [6.07, 6.45) is -0.132. The first kappa shape index (κ1) is 12.9. The molecule has 110 valence electrons. The van der Waals surface area contributed by atoms with Crippen molar-refractivity contribution in [3.63, 3.8) is 0 Å². The van der Waals surface area contributed by atoms with Crippen molar-refractivity contribution in [1.82, 2.24) is 4.98 Å². The van der Waals surface area contributed by atoms with E-state index in [9.17, 15) is 8.78 Å². The lowest BCUT2D eigenvalue weighted by molar-refractivity contribution is 0.174. The molecule has 0 amide bonds. The number of aromatic amines is 1. The molecule has 2 heterocycles. The molecule has 1 aromatic heterocycles. The molecule has 22 heavy (non-hydrogen) atoms. The van der Waals surface area contributed by atoms with Gasteiger partial charge in [0, 0.05) is 22.7 Å². The molecule has 0 fully saturated rings. The lowest BCUT2D eigenvalue weighted by atomic mass is 9.98. The molecule has 0 radical (unpaired) electrons. The summed E-state index contributed by atoms with van der Waals surface area (Å²) in [6, 6.07) is 12.2. The minimum absolute atomic E-state index is 0.101. The van der Waals surface area contributed by atoms with Gasteiger partial charge in [-0.2, -0.15) is 8.78 Å². The molecule has 1 aliphatic rings. The Kier molecular flexibility index (Phi) is 2.85. The Morgan fingerprint density at radius 1 is 1.00 bits per heavy atom. The zero-order chi connectivity index (χ0) is 15.1. The number of nitrogens with one attached hydrogen (secondary N) is 1. The predicted molar refractivity (Wildman–Crippen MR) is 79.1 cm³/mol. The van der Waals surface area contributed by atoms with Crippen LogP contribution >= 0.6 is 0 Å². The smallest absolute Gasteiger partial charge is 0.278 e. The first-order chi connectivity index (χ1) is 10.7. The van der Waals surface area contributed by atoms with Crippen LogP contribution in [0.25, 0.3) is 16.5 Å². The Labute approximate surface area is 124 Å². The minimum atomic E-state index is -1.73. The van der Waals surface area contributed by atoms with Gasteiger partial charge in [0.25, 0.3) is 6.08 Å². The van der Waals surface area contributed by atoms with Crippen molar-refractivity contribution < 1.29 is 18.3 Å². The Morgan fingerprint density at radius 2 is 1.82 bits per heavy atom. The zero-order valence-corrected chi connectivity index (χ0v) is 11.4. The standard InChI is InChI=1S/C17H11F2NO2/c18-17(19)16(10-5-6-14-15(7-10)22-9-21-14)12-8-20-13-4-2-1-3-11(12)13/h1-8,20H,9H2. The monoisotopic (exact) mass is 299 g/mol. The van der Waals surface area contributed by atoms with Crippen LogP contribution in [0.15, 0.2) is 54.7 Å². The Bertz CT molecular complexity index is 895. The number of benzene rings is 2. The summed E-state index contributed by atoms with van der Waals surface area (Å²) in [5, 5.41) is 0.753. The van der Waals surface area contributed by atoms with Crippen LogP contribution in [-0.4, -0.2) is 11.8 Å². The van der Waals surface area contributed by atoms with Crippen molar-refractivity contribution in [3.05, 3.63) is 65.9 Å².